The fourth-order valence-electron chi connectivity index (χ4n) is 2.39. The van der Waals surface area contributed by atoms with E-state index in [1.165, 1.54) is 0 Å². The van der Waals surface area contributed by atoms with Gasteiger partial charge in [-0.2, -0.15) is 0 Å². The van der Waals surface area contributed by atoms with Crippen molar-refractivity contribution in [1.29, 1.82) is 0 Å². The molecule has 1 fully saturated rings. The predicted molar refractivity (Wildman–Crippen MR) is 90.0 cm³/mol. The van der Waals surface area contributed by atoms with Crippen LogP contribution in [0, 0.1) is 0 Å². The molecule has 2 rings (SSSR count). The third-order valence-corrected chi connectivity index (χ3v) is 4.86. The molecule has 1 unspecified atom stereocenters. The lowest BCUT2D eigenvalue weighted by molar-refractivity contribution is -0.166. The molecule has 1 aromatic carbocycles. The molecule has 23 heavy (non-hydrogen) atoms. The Bertz CT molecular complexity index is 552. The van der Waals surface area contributed by atoms with Crippen molar-refractivity contribution in [3.8, 4) is 0 Å². The standard InChI is InChI=1S/C16H20ClNO4S/c1-11-9-18(10-14(22-11)16(20)21)15(19)3-2-8-23-13-6-4-12(17)5-7-13/h4-7,11,14H,2-3,8-10H2,1H3,(H,20,21)/t11-,14?/m1/s1. The van der Waals surface area contributed by atoms with E-state index in [2.05, 4.69) is 0 Å². The van der Waals surface area contributed by atoms with Crippen LogP contribution in [-0.2, 0) is 14.3 Å². The van der Waals surface area contributed by atoms with Gasteiger partial charge in [-0.3, -0.25) is 4.79 Å². The lowest BCUT2D eigenvalue weighted by Gasteiger charge is -2.35. The van der Waals surface area contributed by atoms with Gasteiger partial charge in [-0.1, -0.05) is 11.6 Å². The van der Waals surface area contributed by atoms with Crippen molar-refractivity contribution < 1.29 is 19.4 Å². The fraction of sp³-hybridized carbons (Fsp3) is 0.500. The summed E-state index contributed by atoms with van der Waals surface area (Å²) < 4.78 is 5.31. The number of morpholine rings is 1. The summed E-state index contributed by atoms with van der Waals surface area (Å²) in [6.45, 7) is 2.36. The van der Waals surface area contributed by atoms with Crippen LogP contribution < -0.4 is 0 Å². The number of amides is 1. The molecule has 2 atom stereocenters. The van der Waals surface area contributed by atoms with Gasteiger partial charge in [0.25, 0.3) is 0 Å². The Hall–Kier alpha value is -1.24. The third-order valence-electron chi connectivity index (χ3n) is 3.51. The molecule has 0 bridgehead atoms. The number of carboxylic acids is 1. The molecule has 126 valence electrons. The van der Waals surface area contributed by atoms with Gasteiger partial charge in [0.15, 0.2) is 6.10 Å². The predicted octanol–water partition coefficient (Wildman–Crippen LogP) is 2.91. The van der Waals surface area contributed by atoms with Crippen molar-refractivity contribution in [2.24, 2.45) is 0 Å². The van der Waals surface area contributed by atoms with Gasteiger partial charge >= 0.3 is 5.97 Å². The SMILES string of the molecule is C[C@@H]1CN(C(=O)CCCSc2ccc(Cl)cc2)CC(C(=O)O)O1. The number of carbonyl (C=O) groups excluding carboxylic acids is 1. The highest BCUT2D eigenvalue weighted by molar-refractivity contribution is 7.99. The number of carbonyl (C=O) groups is 2. The molecule has 1 aliphatic rings. The van der Waals surface area contributed by atoms with E-state index in [1.807, 2.05) is 24.3 Å². The minimum atomic E-state index is -1.02. The second-order valence-corrected chi connectivity index (χ2v) is 7.08. The van der Waals surface area contributed by atoms with Crippen LogP contribution in [0.5, 0.6) is 0 Å². The van der Waals surface area contributed by atoms with E-state index in [4.69, 9.17) is 21.4 Å². The topological polar surface area (TPSA) is 66.8 Å². The molecule has 1 N–H and O–H groups in total. The van der Waals surface area contributed by atoms with Gasteiger partial charge in [0.05, 0.1) is 12.6 Å². The smallest absolute Gasteiger partial charge is 0.334 e. The largest absolute Gasteiger partial charge is 0.479 e. The number of ether oxygens (including phenoxy) is 1. The summed E-state index contributed by atoms with van der Waals surface area (Å²) in [5, 5.41) is 9.75. The second-order valence-electron chi connectivity index (χ2n) is 5.48. The highest BCUT2D eigenvalue weighted by Crippen LogP contribution is 2.22. The minimum absolute atomic E-state index is 0.0110. The summed E-state index contributed by atoms with van der Waals surface area (Å²) in [4.78, 5) is 26.0. The maximum Gasteiger partial charge on any atom is 0.334 e. The first-order valence-corrected chi connectivity index (χ1v) is 8.86. The lowest BCUT2D eigenvalue weighted by atomic mass is 10.2. The maximum absolute atomic E-state index is 12.2. The lowest BCUT2D eigenvalue weighted by Crippen LogP contribution is -2.51. The summed E-state index contributed by atoms with van der Waals surface area (Å²) in [7, 11) is 0. The molecular weight excluding hydrogens is 338 g/mol. The van der Waals surface area contributed by atoms with Crippen molar-refractivity contribution in [2.45, 2.75) is 36.9 Å². The van der Waals surface area contributed by atoms with Crippen molar-refractivity contribution in [3.05, 3.63) is 29.3 Å². The molecule has 0 aromatic heterocycles. The third kappa shape index (κ3) is 5.71. The molecule has 1 heterocycles. The Balaban J connectivity index is 1.73. The van der Waals surface area contributed by atoms with Crippen LogP contribution in [-0.4, -0.2) is 52.9 Å². The van der Waals surface area contributed by atoms with Crippen LogP contribution in [0.4, 0.5) is 0 Å². The normalized spacial score (nSPS) is 21.2. The average Bonchev–Trinajstić information content (AvgIpc) is 2.52. The van der Waals surface area contributed by atoms with Gasteiger partial charge in [-0.15, -0.1) is 11.8 Å². The summed E-state index contributed by atoms with van der Waals surface area (Å²) >= 11 is 7.51. The molecule has 0 radical (unpaired) electrons. The zero-order valence-electron chi connectivity index (χ0n) is 12.9. The molecule has 1 amide bonds. The monoisotopic (exact) mass is 357 g/mol. The van der Waals surface area contributed by atoms with Crippen LogP contribution in [0.15, 0.2) is 29.2 Å². The number of thioether (sulfide) groups is 1. The van der Waals surface area contributed by atoms with Gasteiger partial charge in [-0.25, -0.2) is 4.79 Å². The van der Waals surface area contributed by atoms with Crippen LogP contribution in [0.25, 0.3) is 0 Å². The Morgan fingerprint density at radius 2 is 2.04 bits per heavy atom. The molecule has 1 saturated heterocycles. The van der Waals surface area contributed by atoms with Crippen molar-refractivity contribution in [3.63, 3.8) is 0 Å². The minimum Gasteiger partial charge on any atom is -0.479 e. The quantitative estimate of drug-likeness (QED) is 0.626. The van der Waals surface area contributed by atoms with E-state index in [1.54, 1.807) is 23.6 Å². The van der Waals surface area contributed by atoms with Gasteiger partial charge in [0, 0.05) is 22.9 Å². The van der Waals surface area contributed by atoms with Crippen LogP contribution >= 0.6 is 23.4 Å². The van der Waals surface area contributed by atoms with E-state index < -0.39 is 12.1 Å². The number of rotatable bonds is 6. The van der Waals surface area contributed by atoms with Gasteiger partial charge in [-0.05, 0) is 43.4 Å². The fourth-order valence-corrected chi connectivity index (χ4v) is 3.37. The Morgan fingerprint density at radius 3 is 2.70 bits per heavy atom. The molecule has 1 aromatic rings. The second kappa shape index (κ2) is 8.57. The average molecular weight is 358 g/mol. The van der Waals surface area contributed by atoms with Crippen LogP contribution in [0.3, 0.4) is 0 Å². The number of aliphatic carboxylic acids is 1. The number of benzene rings is 1. The Morgan fingerprint density at radius 1 is 1.35 bits per heavy atom. The molecule has 0 spiro atoms. The summed E-state index contributed by atoms with van der Waals surface area (Å²) in [6, 6.07) is 7.60. The van der Waals surface area contributed by atoms with Crippen LogP contribution in [0.1, 0.15) is 19.8 Å². The maximum atomic E-state index is 12.2. The number of carboxylic acid groups (broad SMARTS) is 1. The van der Waals surface area contributed by atoms with E-state index in [0.717, 1.165) is 17.1 Å². The molecule has 5 nitrogen and oxygen atoms in total. The van der Waals surface area contributed by atoms with Crippen molar-refractivity contribution in [1.82, 2.24) is 4.90 Å². The first-order valence-electron chi connectivity index (χ1n) is 7.50. The summed E-state index contributed by atoms with van der Waals surface area (Å²) in [6.07, 6.45) is -0.0155. The first-order chi connectivity index (χ1) is 11.0. The van der Waals surface area contributed by atoms with E-state index in [-0.39, 0.29) is 18.6 Å². The van der Waals surface area contributed by atoms with Gasteiger partial charge < -0.3 is 14.7 Å². The highest BCUT2D eigenvalue weighted by atomic mass is 35.5. The van der Waals surface area contributed by atoms with Crippen molar-refractivity contribution >= 4 is 35.2 Å². The molecular formula is C16H20ClNO4S. The Kier molecular flexibility index (Phi) is 6.74. The zero-order chi connectivity index (χ0) is 16.8. The number of hydrogen-bond acceptors (Lipinski definition) is 4. The number of halogens is 1. The highest BCUT2D eigenvalue weighted by Gasteiger charge is 2.32. The van der Waals surface area contributed by atoms with E-state index in [9.17, 15) is 9.59 Å². The zero-order valence-corrected chi connectivity index (χ0v) is 14.5. The van der Waals surface area contributed by atoms with Crippen molar-refractivity contribution in [2.75, 3.05) is 18.8 Å². The van der Waals surface area contributed by atoms with Crippen LogP contribution in [0.2, 0.25) is 5.02 Å². The van der Waals surface area contributed by atoms with E-state index in [0.29, 0.717) is 18.0 Å². The van der Waals surface area contributed by atoms with Gasteiger partial charge in [0.2, 0.25) is 5.91 Å². The number of hydrogen-bond donors (Lipinski definition) is 1. The molecule has 7 heteroatoms. The molecule has 0 aliphatic carbocycles. The Labute approximate surface area is 144 Å². The molecule has 1 aliphatic heterocycles. The summed E-state index contributed by atoms with van der Waals surface area (Å²) in [5.74, 6) is -0.203. The van der Waals surface area contributed by atoms with Gasteiger partial charge in [0.1, 0.15) is 0 Å². The first kappa shape index (κ1) is 18.1. The van der Waals surface area contributed by atoms with E-state index >= 15 is 0 Å². The summed E-state index contributed by atoms with van der Waals surface area (Å²) in [5.41, 5.74) is 0. The molecule has 0 saturated carbocycles. The number of nitrogens with zero attached hydrogens (tertiary/aromatic N) is 1.